The third kappa shape index (κ3) is 3.75. The van der Waals surface area contributed by atoms with Crippen LogP contribution in [0.25, 0.3) is 11.5 Å². The Kier molecular flexibility index (Phi) is 4.51. The van der Waals surface area contributed by atoms with Crippen LogP contribution in [0, 0.1) is 5.82 Å². The fourth-order valence-electron chi connectivity index (χ4n) is 2.12. The molecule has 0 aliphatic heterocycles. The number of hydrogen-bond acceptors (Lipinski definition) is 4. The van der Waals surface area contributed by atoms with Gasteiger partial charge in [0.05, 0.1) is 12.6 Å². The number of furan rings is 1. The number of aromatic nitrogens is 2. The smallest absolute Gasteiger partial charge is 0.254 e. The highest BCUT2D eigenvalue weighted by molar-refractivity contribution is 5.75. The van der Waals surface area contributed by atoms with E-state index in [1.165, 1.54) is 35.4 Å². The zero-order valence-electron chi connectivity index (χ0n) is 12.6. The Labute approximate surface area is 136 Å². The average Bonchev–Trinajstić information content (AvgIpc) is 3.11. The molecule has 0 spiro atoms. The summed E-state index contributed by atoms with van der Waals surface area (Å²) in [5.41, 5.74) is 0.824. The highest BCUT2D eigenvalue weighted by Crippen LogP contribution is 2.14. The monoisotopic (exact) mass is 327 g/mol. The van der Waals surface area contributed by atoms with Crippen molar-refractivity contribution in [1.29, 1.82) is 0 Å². The molecule has 0 saturated heterocycles. The van der Waals surface area contributed by atoms with E-state index in [9.17, 15) is 14.0 Å². The number of nitrogens with zero attached hydrogens (tertiary/aromatic N) is 2. The molecule has 0 saturated carbocycles. The first-order valence-corrected chi connectivity index (χ1v) is 7.23. The van der Waals surface area contributed by atoms with Crippen molar-refractivity contribution < 1.29 is 13.6 Å². The molecule has 2 heterocycles. The third-order valence-corrected chi connectivity index (χ3v) is 3.37. The summed E-state index contributed by atoms with van der Waals surface area (Å²) in [6.45, 7) is 0.108. The topological polar surface area (TPSA) is 77.1 Å². The molecule has 0 unspecified atom stereocenters. The van der Waals surface area contributed by atoms with Gasteiger partial charge < -0.3 is 9.73 Å². The average molecular weight is 327 g/mol. The maximum absolute atomic E-state index is 12.8. The van der Waals surface area contributed by atoms with Crippen LogP contribution in [0.15, 0.2) is 64.3 Å². The van der Waals surface area contributed by atoms with Gasteiger partial charge in [0.2, 0.25) is 5.91 Å². The van der Waals surface area contributed by atoms with Crippen LogP contribution in [0.1, 0.15) is 5.56 Å². The van der Waals surface area contributed by atoms with Crippen LogP contribution in [0.3, 0.4) is 0 Å². The van der Waals surface area contributed by atoms with Crippen molar-refractivity contribution in [3.05, 3.63) is 76.8 Å². The van der Waals surface area contributed by atoms with E-state index < -0.39 is 0 Å². The molecule has 3 rings (SSSR count). The molecule has 2 aromatic heterocycles. The molecule has 1 amide bonds. The van der Waals surface area contributed by atoms with Crippen molar-refractivity contribution in [2.45, 2.75) is 13.1 Å². The molecule has 1 aromatic carbocycles. The molecule has 0 aliphatic rings. The van der Waals surface area contributed by atoms with Crippen molar-refractivity contribution in [2.24, 2.45) is 0 Å². The largest absolute Gasteiger partial charge is 0.463 e. The minimum atomic E-state index is -0.353. The second-order valence-electron chi connectivity index (χ2n) is 5.12. The number of nitrogens with one attached hydrogen (secondary N) is 1. The van der Waals surface area contributed by atoms with Crippen LogP contribution in [0.2, 0.25) is 0 Å². The van der Waals surface area contributed by atoms with Crippen molar-refractivity contribution >= 4 is 5.91 Å². The van der Waals surface area contributed by atoms with Crippen molar-refractivity contribution in [2.75, 3.05) is 0 Å². The molecule has 0 aliphatic carbocycles. The van der Waals surface area contributed by atoms with E-state index >= 15 is 0 Å². The molecule has 1 N–H and O–H groups in total. The lowest BCUT2D eigenvalue weighted by atomic mass is 10.2. The molecule has 24 heavy (non-hydrogen) atoms. The Morgan fingerprint density at radius 1 is 1.25 bits per heavy atom. The summed E-state index contributed by atoms with van der Waals surface area (Å²) >= 11 is 0. The number of amides is 1. The number of hydrogen-bond donors (Lipinski definition) is 1. The summed E-state index contributed by atoms with van der Waals surface area (Å²) in [7, 11) is 0. The van der Waals surface area contributed by atoms with Crippen LogP contribution in [-0.2, 0) is 17.9 Å². The summed E-state index contributed by atoms with van der Waals surface area (Å²) < 4.78 is 19.2. The van der Waals surface area contributed by atoms with Crippen LogP contribution >= 0.6 is 0 Å². The van der Waals surface area contributed by atoms with Crippen LogP contribution in [0.4, 0.5) is 4.39 Å². The normalized spacial score (nSPS) is 10.5. The quantitative estimate of drug-likeness (QED) is 0.777. The SMILES string of the molecule is O=C(Cn1cnc(-c2ccco2)cc1=O)NCc1ccc(F)cc1. The van der Waals surface area contributed by atoms with Gasteiger partial charge in [-0.15, -0.1) is 0 Å². The van der Waals surface area contributed by atoms with E-state index in [1.807, 2.05) is 0 Å². The Bertz CT molecular complexity index is 886. The van der Waals surface area contributed by atoms with Gasteiger partial charge in [-0.2, -0.15) is 0 Å². The lowest BCUT2D eigenvalue weighted by Gasteiger charge is -2.07. The lowest BCUT2D eigenvalue weighted by molar-refractivity contribution is -0.121. The van der Waals surface area contributed by atoms with Gasteiger partial charge in [-0.05, 0) is 29.8 Å². The summed E-state index contributed by atoms with van der Waals surface area (Å²) in [6, 6.07) is 10.5. The molecule has 7 heteroatoms. The van der Waals surface area contributed by atoms with E-state index in [0.29, 0.717) is 11.5 Å². The van der Waals surface area contributed by atoms with Crippen LogP contribution in [0.5, 0.6) is 0 Å². The molecular formula is C17H14FN3O3. The number of carbonyl (C=O) groups is 1. The summed E-state index contributed by atoms with van der Waals surface area (Å²) in [4.78, 5) is 28.1. The lowest BCUT2D eigenvalue weighted by Crippen LogP contribution is -2.31. The second kappa shape index (κ2) is 6.91. The molecule has 0 fully saturated rings. The van der Waals surface area contributed by atoms with E-state index in [-0.39, 0.29) is 30.4 Å². The van der Waals surface area contributed by atoms with Gasteiger partial charge in [0.1, 0.15) is 18.1 Å². The molecule has 122 valence electrons. The van der Waals surface area contributed by atoms with E-state index in [0.717, 1.165) is 5.56 Å². The molecule has 0 bridgehead atoms. The standard InChI is InChI=1S/C17H14FN3O3/c18-13-5-3-12(4-6-13)9-19-16(22)10-21-11-20-14(8-17(21)23)15-2-1-7-24-15/h1-8,11H,9-10H2,(H,19,22). The van der Waals surface area contributed by atoms with Gasteiger partial charge in [0.25, 0.3) is 5.56 Å². The second-order valence-corrected chi connectivity index (χ2v) is 5.12. The Balaban J connectivity index is 1.62. The van der Waals surface area contributed by atoms with E-state index in [2.05, 4.69) is 10.3 Å². The first-order chi connectivity index (χ1) is 11.6. The predicted octanol–water partition coefficient (Wildman–Crippen LogP) is 1.96. The van der Waals surface area contributed by atoms with E-state index in [1.54, 1.807) is 24.3 Å². The van der Waals surface area contributed by atoms with Crippen molar-refractivity contribution in [3.63, 3.8) is 0 Å². The zero-order valence-corrected chi connectivity index (χ0v) is 12.6. The summed E-state index contributed by atoms with van der Waals surface area (Å²) in [5.74, 6) is -0.187. The predicted molar refractivity (Wildman–Crippen MR) is 84.4 cm³/mol. The maximum Gasteiger partial charge on any atom is 0.254 e. The van der Waals surface area contributed by atoms with E-state index in [4.69, 9.17) is 4.42 Å². The van der Waals surface area contributed by atoms with Gasteiger partial charge in [-0.25, -0.2) is 9.37 Å². The number of carbonyl (C=O) groups excluding carboxylic acids is 1. The first kappa shape index (κ1) is 15.7. The minimum absolute atomic E-state index is 0.147. The van der Waals surface area contributed by atoms with Crippen LogP contribution < -0.4 is 10.9 Å². The summed E-state index contributed by atoms with van der Waals surface area (Å²) in [6.07, 6.45) is 2.79. The van der Waals surface area contributed by atoms with Crippen LogP contribution in [-0.4, -0.2) is 15.5 Å². The molecule has 3 aromatic rings. The first-order valence-electron chi connectivity index (χ1n) is 7.23. The van der Waals surface area contributed by atoms with Gasteiger partial charge in [-0.1, -0.05) is 12.1 Å². The number of halogens is 1. The highest BCUT2D eigenvalue weighted by atomic mass is 19.1. The number of rotatable bonds is 5. The number of benzene rings is 1. The minimum Gasteiger partial charge on any atom is -0.463 e. The summed E-state index contributed by atoms with van der Waals surface area (Å²) in [5, 5.41) is 2.67. The Hall–Kier alpha value is -3.22. The molecule has 0 radical (unpaired) electrons. The van der Waals surface area contributed by atoms with Gasteiger partial charge in [-0.3, -0.25) is 14.2 Å². The third-order valence-electron chi connectivity index (χ3n) is 3.37. The fraction of sp³-hybridized carbons (Fsp3) is 0.118. The Morgan fingerprint density at radius 3 is 2.71 bits per heavy atom. The maximum atomic E-state index is 12.8. The van der Waals surface area contributed by atoms with Crippen molar-refractivity contribution in [1.82, 2.24) is 14.9 Å². The zero-order chi connectivity index (χ0) is 16.9. The van der Waals surface area contributed by atoms with Crippen molar-refractivity contribution in [3.8, 4) is 11.5 Å². The molecule has 0 atom stereocenters. The van der Waals surface area contributed by atoms with Gasteiger partial charge >= 0.3 is 0 Å². The Morgan fingerprint density at radius 2 is 2.04 bits per heavy atom. The fourth-order valence-corrected chi connectivity index (χ4v) is 2.12. The molecule has 6 nitrogen and oxygen atoms in total. The van der Waals surface area contributed by atoms with Gasteiger partial charge in [0, 0.05) is 12.6 Å². The van der Waals surface area contributed by atoms with Gasteiger partial charge in [0.15, 0.2) is 5.76 Å². The highest BCUT2D eigenvalue weighted by Gasteiger charge is 2.08. The molecular weight excluding hydrogens is 313 g/mol.